The van der Waals surface area contributed by atoms with Gasteiger partial charge in [-0.1, -0.05) is 68.5 Å². The number of allylic oxidation sites excluding steroid dienone is 2. The number of Topliss-reactive ketones (excluding diaryl/α,β-unsaturated/α-hetero) is 2. The lowest BCUT2D eigenvalue weighted by Crippen LogP contribution is -2.37. The number of ketones is 2. The van der Waals surface area contributed by atoms with Crippen molar-refractivity contribution in [3.8, 4) is 11.5 Å². The largest absolute Gasteiger partial charge is 0.507 e. The van der Waals surface area contributed by atoms with Gasteiger partial charge in [0, 0.05) is 21.9 Å². The molecule has 7 heteroatoms. The Morgan fingerprint density at radius 1 is 0.676 bits per heavy atom. The number of aryl methyl sites for hydroxylation is 2. The SMILES string of the molecule is CCc1cccc(CC)c1N1C(=O)C2=CC3C(=O)c4c(c(O)c5ccccc5c4O)C(=O)C3C=C2C1=O. The van der Waals surface area contributed by atoms with Crippen molar-refractivity contribution in [3.05, 3.63) is 88.0 Å². The zero-order chi connectivity index (χ0) is 26.2. The van der Waals surface area contributed by atoms with Crippen molar-refractivity contribution >= 4 is 39.8 Å². The zero-order valence-corrected chi connectivity index (χ0v) is 20.2. The maximum absolute atomic E-state index is 13.6. The summed E-state index contributed by atoms with van der Waals surface area (Å²) in [4.78, 5) is 55.6. The van der Waals surface area contributed by atoms with Crippen molar-refractivity contribution in [2.24, 2.45) is 11.8 Å². The van der Waals surface area contributed by atoms with Gasteiger partial charge in [-0.15, -0.1) is 0 Å². The number of hydrogen-bond acceptors (Lipinski definition) is 6. The quantitative estimate of drug-likeness (QED) is 0.413. The first-order valence-electron chi connectivity index (χ1n) is 12.3. The van der Waals surface area contributed by atoms with Crippen LogP contribution in [0.1, 0.15) is 45.7 Å². The molecule has 37 heavy (non-hydrogen) atoms. The second kappa shape index (κ2) is 8.00. The van der Waals surface area contributed by atoms with Crippen molar-refractivity contribution in [2.45, 2.75) is 26.7 Å². The molecule has 1 fully saturated rings. The fourth-order valence-corrected chi connectivity index (χ4v) is 5.85. The number of carbonyl (C=O) groups is 4. The molecule has 0 radical (unpaired) electrons. The van der Waals surface area contributed by atoms with E-state index in [1.54, 1.807) is 24.3 Å². The lowest BCUT2D eigenvalue weighted by atomic mass is 9.69. The number of rotatable bonds is 3. The minimum absolute atomic E-state index is 0.0771. The van der Waals surface area contributed by atoms with Crippen LogP contribution in [0.2, 0.25) is 0 Å². The van der Waals surface area contributed by atoms with Gasteiger partial charge in [0.25, 0.3) is 11.8 Å². The Labute approximate surface area is 212 Å². The van der Waals surface area contributed by atoms with E-state index in [4.69, 9.17) is 0 Å². The van der Waals surface area contributed by atoms with Crippen LogP contribution < -0.4 is 4.90 Å². The summed E-state index contributed by atoms with van der Waals surface area (Å²) in [5, 5.41) is 22.4. The van der Waals surface area contributed by atoms with E-state index in [1.165, 1.54) is 12.2 Å². The summed E-state index contributed by atoms with van der Waals surface area (Å²) in [6, 6.07) is 12.1. The van der Waals surface area contributed by atoms with Crippen molar-refractivity contribution < 1.29 is 29.4 Å². The molecule has 3 aromatic rings. The zero-order valence-electron chi connectivity index (χ0n) is 20.2. The molecule has 0 saturated carbocycles. The molecule has 2 amide bonds. The highest BCUT2D eigenvalue weighted by Crippen LogP contribution is 2.49. The molecular formula is C30H23NO6. The predicted molar refractivity (Wildman–Crippen MR) is 137 cm³/mol. The number of phenolic OH excluding ortho intramolecular Hbond substituents is 2. The molecule has 2 atom stereocenters. The van der Waals surface area contributed by atoms with Crippen LogP contribution in [0.15, 0.2) is 65.8 Å². The maximum atomic E-state index is 13.6. The van der Waals surface area contributed by atoms with E-state index in [0.717, 1.165) is 16.0 Å². The van der Waals surface area contributed by atoms with E-state index < -0.39 is 35.2 Å². The van der Waals surface area contributed by atoms with E-state index in [0.29, 0.717) is 18.5 Å². The van der Waals surface area contributed by atoms with Crippen LogP contribution in [0, 0.1) is 11.8 Å². The molecule has 0 spiro atoms. The van der Waals surface area contributed by atoms with Crippen molar-refractivity contribution in [1.29, 1.82) is 0 Å². The number of anilines is 1. The average Bonchev–Trinajstić information content (AvgIpc) is 3.16. The predicted octanol–water partition coefficient (Wildman–Crippen LogP) is 4.43. The number of hydrogen-bond donors (Lipinski definition) is 2. The van der Waals surface area contributed by atoms with Gasteiger partial charge in [-0.3, -0.25) is 19.2 Å². The van der Waals surface area contributed by atoms with Gasteiger partial charge in [0.2, 0.25) is 0 Å². The van der Waals surface area contributed by atoms with E-state index in [-0.39, 0.29) is 44.5 Å². The molecule has 1 heterocycles. The van der Waals surface area contributed by atoms with Gasteiger partial charge in [-0.2, -0.15) is 0 Å². The topological polar surface area (TPSA) is 112 Å². The number of benzene rings is 3. The molecule has 2 N–H and O–H groups in total. The van der Waals surface area contributed by atoms with Gasteiger partial charge in [-0.05, 0) is 24.0 Å². The van der Waals surface area contributed by atoms with Crippen molar-refractivity contribution in [3.63, 3.8) is 0 Å². The third-order valence-electron chi connectivity index (χ3n) is 7.68. The van der Waals surface area contributed by atoms with Gasteiger partial charge in [0.05, 0.1) is 28.7 Å². The summed E-state index contributed by atoms with van der Waals surface area (Å²) in [6.45, 7) is 3.89. The highest BCUT2D eigenvalue weighted by Gasteiger charge is 2.50. The molecule has 1 saturated heterocycles. The van der Waals surface area contributed by atoms with Crippen molar-refractivity contribution in [2.75, 3.05) is 4.90 Å². The Kier molecular flexibility index (Phi) is 4.95. The number of phenols is 2. The van der Waals surface area contributed by atoms with Crippen molar-refractivity contribution in [1.82, 2.24) is 0 Å². The molecular weight excluding hydrogens is 470 g/mol. The Balaban J connectivity index is 1.53. The standard InChI is InChI=1S/C30H23NO6/c1-3-14-8-7-9-15(4-2)24(14)31-29(36)20-12-18-19(13-21(20)30(31)37)28(35)23-22(27(18)34)25(32)16-10-5-6-11-17(16)26(23)33/h5-13,18-19,32-33H,3-4H2,1-2H3. The molecule has 3 aromatic carbocycles. The van der Waals surface area contributed by atoms with Crippen LogP contribution in [-0.2, 0) is 22.4 Å². The number of imide groups is 1. The Morgan fingerprint density at radius 2 is 1.11 bits per heavy atom. The lowest BCUT2D eigenvalue weighted by Gasteiger charge is -2.31. The van der Waals surface area contributed by atoms with Crippen LogP contribution in [0.4, 0.5) is 5.69 Å². The molecule has 0 aromatic heterocycles. The molecule has 2 aliphatic carbocycles. The normalized spacial score (nSPS) is 20.5. The van der Waals surface area contributed by atoms with Gasteiger partial charge in [0.15, 0.2) is 11.6 Å². The summed E-state index contributed by atoms with van der Waals surface area (Å²) < 4.78 is 0. The summed E-state index contributed by atoms with van der Waals surface area (Å²) in [5.74, 6) is -5.15. The minimum Gasteiger partial charge on any atom is -0.507 e. The molecule has 1 aliphatic heterocycles. The summed E-state index contributed by atoms with van der Waals surface area (Å²) >= 11 is 0. The Morgan fingerprint density at radius 3 is 1.51 bits per heavy atom. The van der Waals surface area contributed by atoms with Crippen LogP contribution in [0.5, 0.6) is 11.5 Å². The lowest BCUT2D eigenvalue weighted by molar-refractivity contribution is -0.119. The number of fused-ring (bicyclic) bond motifs is 4. The molecule has 2 unspecified atom stereocenters. The second-order valence-corrected chi connectivity index (χ2v) is 9.51. The molecule has 184 valence electrons. The first-order valence-corrected chi connectivity index (χ1v) is 12.3. The smallest absolute Gasteiger partial charge is 0.265 e. The highest BCUT2D eigenvalue weighted by molar-refractivity contribution is 6.38. The van der Waals surface area contributed by atoms with Crippen LogP contribution >= 0.6 is 0 Å². The number of para-hydroxylation sites is 1. The van der Waals surface area contributed by atoms with E-state index in [2.05, 4.69) is 0 Å². The first-order chi connectivity index (χ1) is 17.8. The summed E-state index contributed by atoms with van der Waals surface area (Å²) in [5.41, 5.74) is 1.88. The van der Waals surface area contributed by atoms with Gasteiger partial charge < -0.3 is 10.2 Å². The molecule has 0 bridgehead atoms. The molecule has 6 rings (SSSR count). The third kappa shape index (κ3) is 2.94. The Hall–Kier alpha value is -4.52. The van der Waals surface area contributed by atoms with Crippen LogP contribution in [0.25, 0.3) is 10.8 Å². The number of nitrogens with zero attached hydrogens (tertiary/aromatic N) is 1. The third-order valence-corrected chi connectivity index (χ3v) is 7.68. The van der Waals surface area contributed by atoms with E-state index in [1.807, 2.05) is 32.0 Å². The summed E-state index contributed by atoms with van der Waals surface area (Å²) in [7, 11) is 0. The second-order valence-electron chi connectivity index (χ2n) is 9.51. The minimum atomic E-state index is -1.08. The molecule has 3 aliphatic rings. The number of amides is 2. The molecule has 7 nitrogen and oxygen atoms in total. The average molecular weight is 494 g/mol. The van der Waals surface area contributed by atoms with Crippen LogP contribution in [-0.4, -0.2) is 33.6 Å². The van der Waals surface area contributed by atoms with E-state index in [9.17, 15) is 29.4 Å². The van der Waals surface area contributed by atoms with Gasteiger partial charge >= 0.3 is 0 Å². The fraction of sp³-hybridized carbons (Fsp3) is 0.200. The van der Waals surface area contributed by atoms with E-state index >= 15 is 0 Å². The van der Waals surface area contributed by atoms with Crippen LogP contribution in [0.3, 0.4) is 0 Å². The van der Waals surface area contributed by atoms with Gasteiger partial charge in [-0.25, -0.2) is 4.90 Å². The monoisotopic (exact) mass is 493 g/mol. The first kappa shape index (κ1) is 22.9. The number of aromatic hydroxyl groups is 2. The maximum Gasteiger partial charge on any atom is 0.265 e. The van der Waals surface area contributed by atoms with Gasteiger partial charge in [0.1, 0.15) is 11.5 Å². The fourth-order valence-electron chi connectivity index (χ4n) is 5.85. The summed E-state index contributed by atoms with van der Waals surface area (Å²) in [6.07, 6.45) is 3.99. The number of carbonyl (C=O) groups excluding carboxylic acids is 4. The highest BCUT2D eigenvalue weighted by atomic mass is 16.3. The Bertz CT molecular complexity index is 1540.